The van der Waals surface area contributed by atoms with Crippen molar-refractivity contribution >= 4 is 21.8 Å². The van der Waals surface area contributed by atoms with E-state index >= 15 is 0 Å². The fourth-order valence-corrected chi connectivity index (χ4v) is 2.23. The van der Waals surface area contributed by atoms with Crippen LogP contribution >= 0.6 is 15.9 Å². The van der Waals surface area contributed by atoms with Gasteiger partial charge < -0.3 is 5.32 Å². The summed E-state index contributed by atoms with van der Waals surface area (Å²) in [6.07, 6.45) is 0. The van der Waals surface area contributed by atoms with Crippen LogP contribution in [0.3, 0.4) is 0 Å². The summed E-state index contributed by atoms with van der Waals surface area (Å²) in [5.74, 6) is -1.28. The monoisotopic (exact) mass is 339 g/mol. The van der Waals surface area contributed by atoms with E-state index in [9.17, 15) is 13.6 Å². The highest BCUT2D eigenvalue weighted by Gasteiger charge is 2.15. The Labute approximate surface area is 123 Å². The van der Waals surface area contributed by atoms with Crippen molar-refractivity contribution in [3.8, 4) is 0 Å². The van der Waals surface area contributed by atoms with E-state index in [1.807, 2.05) is 0 Å². The highest BCUT2D eigenvalue weighted by atomic mass is 79.9. The van der Waals surface area contributed by atoms with E-state index in [2.05, 4.69) is 21.2 Å². The van der Waals surface area contributed by atoms with Gasteiger partial charge in [-0.2, -0.15) is 0 Å². The Morgan fingerprint density at radius 2 is 1.85 bits per heavy atom. The van der Waals surface area contributed by atoms with Gasteiger partial charge in [-0.05, 0) is 58.7 Å². The standard InChI is InChI=1S/C15H12BrF2NO/c1-9(10-3-2-4-11(17)7-10)19-15(20)13-8-12(18)5-6-14(13)16/h2-9H,1H3,(H,19,20). The molecule has 5 heteroatoms. The van der Waals surface area contributed by atoms with E-state index < -0.39 is 11.7 Å². The van der Waals surface area contributed by atoms with Crippen LogP contribution in [0.4, 0.5) is 8.78 Å². The van der Waals surface area contributed by atoms with Gasteiger partial charge in [0.25, 0.3) is 5.91 Å². The van der Waals surface area contributed by atoms with Crippen molar-refractivity contribution in [2.75, 3.05) is 0 Å². The van der Waals surface area contributed by atoms with Crippen molar-refractivity contribution in [3.05, 3.63) is 69.7 Å². The zero-order valence-corrected chi connectivity index (χ0v) is 12.2. The van der Waals surface area contributed by atoms with Gasteiger partial charge in [0.15, 0.2) is 0 Å². The summed E-state index contributed by atoms with van der Waals surface area (Å²) < 4.78 is 26.8. The summed E-state index contributed by atoms with van der Waals surface area (Å²) in [7, 11) is 0. The normalized spacial score (nSPS) is 12.0. The maximum Gasteiger partial charge on any atom is 0.253 e. The van der Waals surface area contributed by atoms with Gasteiger partial charge in [-0.1, -0.05) is 12.1 Å². The van der Waals surface area contributed by atoms with Gasteiger partial charge in [-0.3, -0.25) is 4.79 Å². The molecule has 1 unspecified atom stereocenters. The number of halogens is 3. The molecule has 1 amide bonds. The number of hydrogen-bond donors (Lipinski definition) is 1. The molecule has 0 saturated heterocycles. The van der Waals surface area contributed by atoms with Crippen molar-refractivity contribution in [1.82, 2.24) is 5.32 Å². The molecule has 2 aromatic carbocycles. The summed E-state index contributed by atoms with van der Waals surface area (Å²) in [5, 5.41) is 2.71. The van der Waals surface area contributed by atoms with Crippen LogP contribution in [-0.2, 0) is 0 Å². The maximum atomic E-state index is 13.2. The Morgan fingerprint density at radius 1 is 1.15 bits per heavy atom. The minimum absolute atomic E-state index is 0.202. The van der Waals surface area contributed by atoms with Crippen molar-refractivity contribution in [1.29, 1.82) is 0 Å². The van der Waals surface area contributed by atoms with Gasteiger partial charge in [0.2, 0.25) is 0 Å². The highest BCUT2D eigenvalue weighted by molar-refractivity contribution is 9.10. The third kappa shape index (κ3) is 3.42. The molecule has 0 saturated carbocycles. The molecule has 1 atom stereocenters. The Morgan fingerprint density at radius 3 is 2.55 bits per heavy atom. The number of carbonyl (C=O) groups is 1. The first-order chi connectivity index (χ1) is 9.47. The topological polar surface area (TPSA) is 29.1 Å². The maximum absolute atomic E-state index is 13.2. The average molecular weight is 340 g/mol. The first-order valence-corrected chi connectivity index (χ1v) is 6.78. The summed E-state index contributed by atoms with van der Waals surface area (Å²) >= 11 is 3.20. The lowest BCUT2D eigenvalue weighted by Crippen LogP contribution is -2.27. The molecule has 0 aliphatic rings. The third-order valence-corrected chi connectivity index (χ3v) is 3.56. The molecule has 0 fully saturated rings. The van der Waals surface area contributed by atoms with E-state index in [1.165, 1.54) is 24.3 Å². The second-order valence-corrected chi connectivity index (χ2v) is 5.23. The summed E-state index contributed by atoms with van der Waals surface area (Å²) in [4.78, 5) is 12.1. The lowest BCUT2D eigenvalue weighted by atomic mass is 10.1. The molecule has 2 rings (SSSR count). The molecular weight excluding hydrogens is 328 g/mol. The first-order valence-electron chi connectivity index (χ1n) is 5.99. The van der Waals surface area contributed by atoms with Gasteiger partial charge in [0.1, 0.15) is 11.6 Å². The second kappa shape index (κ2) is 6.13. The summed E-state index contributed by atoms with van der Waals surface area (Å²) in [6, 6.07) is 9.48. The molecule has 0 spiro atoms. The predicted octanol–water partition coefficient (Wildman–Crippen LogP) is 4.22. The molecule has 2 aromatic rings. The molecule has 0 aliphatic heterocycles. The average Bonchev–Trinajstić information content (AvgIpc) is 2.41. The lowest BCUT2D eigenvalue weighted by molar-refractivity contribution is 0.0938. The molecular formula is C15H12BrF2NO. The van der Waals surface area contributed by atoms with E-state index in [0.717, 1.165) is 6.07 Å². The zero-order chi connectivity index (χ0) is 14.7. The second-order valence-electron chi connectivity index (χ2n) is 4.37. The van der Waals surface area contributed by atoms with Crippen molar-refractivity contribution in [2.24, 2.45) is 0 Å². The number of amides is 1. The molecule has 1 N–H and O–H groups in total. The Kier molecular flexibility index (Phi) is 4.49. The van der Waals surface area contributed by atoms with Crippen LogP contribution in [-0.4, -0.2) is 5.91 Å². The van der Waals surface area contributed by atoms with Crippen molar-refractivity contribution in [3.63, 3.8) is 0 Å². The van der Waals surface area contributed by atoms with E-state index in [-0.39, 0.29) is 17.4 Å². The minimum Gasteiger partial charge on any atom is -0.345 e. The van der Waals surface area contributed by atoms with Crippen LogP contribution in [0.1, 0.15) is 28.9 Å². The third-order valence-electron chi connectivity index (χ3n) is 2.87. The lowest BCUT2D eigenvalue weighted by Gasteiger charge is -2.15. The number of rotatable bonds is 3. The fraction of sp³-hybridized carbons (Fsp3) is 0.133. The Hall–Kier alpha value is -1.75. The molecule has 0 radical (unpaired) electrons. The highest BCUT2D eigenvalue weighted by Crippen LogP contribution is 2.20. The van der Waals surface area contributed by atoms with E-state index in [4.69, 9.17) is 0 Å². The fourth-order valence-electron chi connectivity index (χ4n) is 1.81. The van der Waals surface area contributed by atoms with Crippen LogP contribution in [0.2, 0.25) is 0 Å². The SMILES string of the molecule is CC(NC(=O)c1cc(F)ccc1Br)c1cccc(F)c1. The van der Waals surface area contributed by atoms with Crippen LogP contribution in [0.15, 0.2) is 46.9 Å². The molecule has 0 heterocycles. The number of hydrogen-bond acceptors (Lipinski definition) is 1. The van der Waals surface area contributed by atoms with Gasteiger partial charge in [-0.25, -0.2) is 8.78 Å². The molecule has 20 heavy (non-hydrogen) atoms. The minimum atomic E-state index is -0.489. The van der Waals surface area contributed by atoms with Gasteiger partial charge in [0.05, 0.1) is 11.6 Å². The molecule has 0 aromatic heterocycles. The predicted molar refractivity (Wildman–Crippen MR) is 76.4 cm³/mol. The Bertz CT molecular complexity index is 646. The number of benzene rings is 2. The number of carbonyl (C=O) groups excluding carboxylic acids is 1. The van der Waals surface area contributed by atoms with E-state index in [1.54, 1.807) is 19.1 Å². The van der Waals surface area contributed by atoms with Crippen LogP contribution in [0.25, 0.3) is 0 Å². The van der Waals surface area contributed by atoms with Gasteiger partial charge >= 0.3 is 0 Å². The van der Waals surface area contributed by atoms with Crippen LogP contribution in [0.5, 0.6) is 0 Å². The molecule has 0 bridgehead atoms. The van der Waals surface area contributed by atoms with Crippen LogP contribution < -0.4 is 5.32 Å². The summed E-state index contributed by atoms with van der Waals surface area (Å²) in [5.41, 5.74) is 0.846. The van der Waals surface area contributed by atoms with Gasteiger partial charge in [0, 0.05) is 4.47 Å². The quantitative estimate of drug-likeness (QED) is 0.891. The van der Waals surface area contributed by atoms with Crippen molar-refractivity contribution in [2.45, 2.75) is 13.0 Å². The first kappa shape index (κ1) is 14.7. The van der Waals surface area contributed by atoms with Crippen LogP contribution in [0, 0.1) is 11.6 Å². The summed E-state index contributed by atoms with van der Waals surface area (Å²) in [6.45, 7) is 1.74. The molecule has 0 aliphatic carbocycles. The largest absolute Gasteiger partial charge is 0.345 e. The zero-order valence-electron chi connectivity index (χ0n) is 10.7. The van der Waals surface area contributed by atoms with E-state index in [0.29, 0.717) is 10.0 Å². The number of nitrogens with one attached hydrogen (secondary N) is 1. The van der Waals surface area contributed by atoms with Gasteiger partial charge in [-0.15, -0.1) is 0 Å². The molecule has 104 valence electrons. The van der Waals surface area contributed by atoms with Crippen molar-refractivity contribution < 1.29 is 13.6 Å². The smallest absolute Gasteiger partial charge is 0.253 e. The Balaban J connectivity index is 2.17. The molecule has 2 nitrogen and oxygen atoms in total.